The molecule has 2 unspecified atom stereocenters. The summed E-state index contributed by atoms with van der Waals surface area (Å²) in [5, 5.41) is 10.6. The highest BCUT2D eigenvalue weighted by atomic mass is 31.1. The van der Waals surface area contributed by atoms with Crippen molar-refractivity contribution in [1.29, 1.82) is 0 Å². The van der Waals surface area contributed by atoms with Crippen LogP contribution in [0, 0.1) is 0 Å². The van der Waals surface area contributed by atoms with Crippen molar-refractivity contribution in [3.63, 3.8) is 0 Å². The zero-order valence-corrected chi connectivity index (χ0v) is 14.9. The fraction of sp³-hybridized carbons (Fsp3) is 0.529. The second-order valence-electron chi connectivity index (χ2n) is 5.56. The van der Waals surface area contributed by atoms with Crippen LogP contribution in [-0.2, 0) is 15.6 Å². The van der Waals surface area contributed by atoms with Gasteiger partial charge in [-0.15, -0.1) is 6.58 Å². The lowest BCUT2D eigenvalue weighted by molar-refractivity contribution is -0.0577. The number of nitrogens with zero attached hydrogens (tertiary/aromatic N) is 1. The first-order chi connectivity index (χ1) is 11.0. The molecule has 0 aliphatic heterocycles. The highest BCUT2D eigenvalue weighted by molar-refractivity contribution is 7.32. The molecular weight excluding hydrogens is 313 g/mol. The molecule has 0 bridgehead atoms. The molecule has 0 radical (unpaired) electrons. The van der Waals surface area contributed by atoms with Crippen molar-refractivity contribution < 1.29 is 19.1 Å². The SMILES string of the molecule is C=CCN(Cc1ccccc1)C(CC)(CC)C(O)CO[PH](=O)O. The minimum absolute atomic E-state index is 0.154. The standard InChI is InChI=1S/C17H28NO4P/c1-4-12-18(13-15-10-8-7-9-11-15)17(5-2,6-3)16(19)14-22-23(20)21/h4,7-11,16,19,23H,1,5-6,12-14H2,2-3H3,(H,20,21). The Morgan fingerprint density at radius 1 is 1.35 bits per heavy atom. The summed E-state index contributed by atoms with van der Waals surface area (Å²) in [5.41, 5.74) is 0.603. The van der Waals surface area contributed by atoms with E-state index in [0.29, 0.717) is 25.9 Å². The van der Waals surface area contributed by atoms with Crippen LogP contribution in [0.2, 0.25) is 0 Å². The quantitative estimate of drug-likeness (QED) is 0.478. The Bertz CT molecular complexity index is 491. The first-order valence-corrected chi connectivity index (χ1v) is 9.20. The van der Waals surface area contributed by atoms with Crippen LogP contribution in [0.5, 0.6) is 0 Å². The summed E-state index contributed by atoms with van der Waals surface area (Å²) in [7, 11) is -3.05. The average Bonchev–Trinajstić information content (AvgIpc) is 2.55. The molecule has 0 fully saturated rings. The van der Waals surface area contributed by atoms with Crippen LogP contribution < -0.4 is 0 Å². The molecule has 2 N–H and O–H groups in total. The van der Waals surface area contributed by atoms with Crippen LogP contribution in [0.3, 0.4) is 0 Å². The lowest BCUT2D eigenvalue weighted by atomic mass is 9.84. The number of hydrogen-bond acceptors (Lipinski definition) is 4. The number of aliphatic hydroxyl groups is 1. The Morgan fingerprint density at radius 2 is 1.96 bits per heavy atom. The molecule has 0 heterocycles. The van der Waals surface area contributed by atoms with Gasteiger partial charge in [0.2, 0.25) is 0 Å². The van der Waals surface area contributed by atoms with E-state index in [-0.39, 0.29) is 6.61 Å². The van der Waals surface area contributed by atoms with E-state index in [1.165, 1.54) is 0 Å². The molecule has 1 aromatic rings. The van der Waals surface area contributed by atoms with Crippen LogP contribution >= 0.6 is 8.25 Å². The van der Waals surface area contributed by atoms with Gasteiger partial charge in [-0.05, 0) is 18.4 Å². The summed E-state index contributed by atoms with van der Waals surface area (Å²) in [6.45, 7) is 8.96. The van der Waals surface area contributed by atoms with Gasteiger partial charge in [-0.25, -0.2) is 0 Å². The number of hydrogen-bond donors (Lipinski definition) is 2. The zero-order valence-electron chi connectivity index (χ0n) is 13.9. The Balaban J connectivity index is 3.03. The van der Waals surface area contributed by atoms with Gasteiger partial charge >= 0.3 is 8.25 Å². The average molecular weight is 341 g/mol. The maximum absolute atomic E-state index is 10.8. The van der Waals surface area contributed by atoms with Crippen molar-refractivity contribution in [2.45, 2.75) is 44.9 Å². The second kappa shape index (κ2) is 10.0. The van der Waals surface area contributed by atoms with Gasteiger partial charge in [-0.3, -0.25) is 9.46 Å². The molecule has 0 saturated carbocycles. The molecule has 0 spiro atoms. The third-order valence-corrected chi connectivity index (χ3v) is 4.82. The molecule has 2 atom stereocenters. The van der Waals surface area contributed by atoms with Crippen molar-refractivity contribution in [2.75, 3.05) is 13.2 Å². The molecule has 1 rings (SSSR count). The van der Waals surface area contributed by atoms with Crippen LogP contribution in [-0.4, -0.2) is 39.7 Å². The molecule has 0 saturated heterocycles. The Labute approximate surface area is 139 Å². The summed E-state index contributed by atoms with van der Waals surface area (Å²) < 4.78 is 15.6. The summed E-state index contributed by atoms with van der Waals surface area (Å²) in [4.78, 5) is 11.0. The van der Waals surface area contributed by atoms with Gasteiger partial charge in [0.15, 0.2) is 0 Å². The molecule has 0 amide bonds. The first kappa shape index (κ1) is 20.1. The normalized spacial score (nSPS) is 14.7. The summed E-state index contributed by atoms with van der Waals surface area (Å²) in [6.07, 6.45) is 2.34. The molecule has 0 aliphatic carbocycles. The van der Waals surface area contributed by atoms with E-state index in [9.17, 15) is 9.67 Å². The smallest absolute Gasteiger partial charge is 0.316 e. The summed E-state index contributed by atoms with van der Waals surface area (Å²) in [5.74, 6) is 0. The maximum Gasteiger partial charge on any atom is 0.316 e. The van der Waals surface area contributed by atoms with Gasteiger partial charge < -0.3 is 14.5 Å². The number of benzene rings is 1. The second-order valence-corrected chi connectivity index (χ2v) is 6.38. The third-order valence-electron chi connectivity index (χ3n) is 4.40. The van der Waals surface area contributed by atoms with Gasteiger partial charge in [-0.1, -0.05) is 50.3 Å². The van der Waals surface area contributed by atoms with E-state index >= 15 is 0 Å². The van der Waals surface area contributed by atoms with E-state index in [4.69, 9.17) is 9.42 Å². The van der Waals surface area contributed by atoms with Gasteiger partial charge in [-0.2, -0.15) is 0 Å². The van der Waals surface area contributed by atoms with Gasteiger partial charge in [0.25, 0.3) is 0 Å². The molecule has 130 valence electrons. The van der Waals surface area contributed by atoms with Crippen LogP contribution in [0.4, 0.5) is 0 Å². The Morgan fingerprint density at radius 3 is 2.43 bits per heavy atom. The summed E-state index contributed by atoms with van der Waals surface area (Å²) >= 11 is 0. The lowest BCUT2D eigenvalue weighted by Crippen LogP contribution is -2.57. The molecule has 6 heteroatoms. The van der Waals surface area contributed by atoms with Crippen LogP contribution in [0.25, 0.3) is 0 Å². The van der Waals surface area contributed by atoms with Crippen molar-refractivity contribution in [3.8, 4) is 0 Å². The van der Waals surface area contributed by atoms with E-state index in [2.05, 4.69) is 11.5 Å². The van der Waals surface area contributed by atoms with Crippen molar-refractivity contribution >= 4 is 8.25 Å². The topological polar surface area (TPSA) is 70.0 Å². The van der Waals surface area contributed by atoms with Gasteiger partial charge in [0, 0.05) is 18.6 Å². The molecule has 23 heavy (non-hydrogen) atoms. The fourth-order valence-electron chi connectivity index (χ4n) is 3.05. The van der Waals surface area contributed by atoms with Crippen LogP contribution in [0.15, 0.2) is 43.0 Å². The number of aliphatic hydroxyl groups excluding tert-OH is 1. The largest absolute Gasteiger partial charge is 0.389 e. The van der Waals surface area contributed by atoms with E-state index in [1.54, 1.807) is 0 Å². The predicted octanol–water partition coefficient (Wildman–Crippen LogP) is 2.99. The third kappa shape index (κ3) is 5.55. The van der Waals surface area contributed by atoms with E-state index in [1.807, 2.05) is 50.3 Å². The monoisotopic (exact) mass is 341 g/mol. The van der Waals surface area contributed by atoms with E-state index < -0.39 is 19.9 Å². The number of rotatable bonds is 11. The van der Waals surface area contributed by atoms with Gasteiger partial charge in [0.05, 0.1) is 12.7 Å². The molecule has 5 nitrogen and oxygen atoms in total. The van der Waals surface area contributed by atoms with Gasteiger partial charge in [0.1, 0.15) is 0 Å². The first-order valence-electron chi connectivity index (χ1n) is 7.93. The summed E-state index contributed by atoms with van der Waals surface area (Å²) in [6, 6.07) is 10.0. The maximum atomic E-state index is 10.8. The zero-order chi connectivity index (χ0) is 17.3. The highest BCUT2D eigenvalue weighted by Crippen LogP contribution is 2.31. The molecular formula is C17H28NO4P. The van der Waals surface area contributed by atoms with E-state index in [0.717, 1.165) is 5.56 Å². The predicted molar refractivity (Wildman–Crippen MR) is 93.5 cm³/mol. The fourth-order valence-corrected chi connectivity index (χ4v) is 3.35. The molecule has 1 aromatic carbocycles. The molecule has 0 aromatic heterocycles. The van der Waals surface area contributed by atoms with Crippen molar-refractivity contribution in [1.82, 2.24) is 4.90 Å². The minimum Gasteiger partial charge on any atom is -0.389 e. The van der Waals surface area contributed by atoms with Crippen molar-refractivity contribution in [2.24, 2.45) is 0 Å². The Hall–Kier alpha value is -0.970. The highest BCUT2D eigenvalue weighted by Gasteiger charge is 2.40. The Kier molecular flexibility index (Phi) is 8.74. The lowest BCUT2D eigenvalue weighted by Gasteiger charge is -2.46. The molecule has 0 aliphatic rings. The minimum atomic E-state index is -3.05. The van der Waals surface area contributed by atoms with Crippen LogP contribution in [0.1, 0.15) is 32.3 Å². The van der Waals surface area contributed by atoms with Crippen molar-refractivity contribution in [3.05, 3.63) is 48.6 Å².